The van der Waals surface area contributed by atoms with Gasteiger partial charge in [-0.25, -0.2) is 0 Å². The minimum atomic E-state index is 0.696. The lowest BCUT2D eigenvalue weighted by Crippen LogP contribution is -2.42. The van der Waals surface area contributed by atoms with Crippen molar-refractivity contribution in [3.05, 3.63) is 0 Å². The number of nitrogens with zero attached hydrogens (tertiary/aromatic N) is 1. The lowest BCUT2D eigenvalue weighted by Gasteiger charge is -2.33. The fourth-order valence-corrected chi connectivity index (χ4v) is 2.75. The molecule has 17 heavy (non-hydrogen) atoms. The summed E-state index contributed by atoms with van der Waals surface area (Å²) in [7, 11) is 0. The van der Waals surface area contributed by atoms with E-state index >= 15 is 0 Å². The second-order valence-electron chi connectivity index (χ2n) is 5.73. The highest BCUT2D eigenvalue weighted by molar-refractivity contribution is 4.74. The molecule has 1 saturated heterocycles. The molecular formula is C15H32N2. The van der Waals surface area contributed by atoms with E-state index in [2.05, 4.69) is 31.0 Å². The standard InChI is InChI=1S/C15H32N2/c1-4-5-6-9-14(2)16-11-13-17-12-8-7-10-15(17)3/h14-16H,4-13H2,1-3H3. The number of nitrogens with one attached hydrogen (secondary N) is 1. The van der Waals surface area contributed by atoms with Crippen LogP contribution in [0.2, 0.25) is 0 Å². The Morgan fingerprint density at radius 2 is 2.12 bits per heavy atom. The number of piperidine rings is 1. The van der Waals surface area contributed by atoms with Crippen molar-refractivity contribution in [1.82, 2.24) is 10.2 Å². The van der Waals surface area contributed by atoms with Crippen molar-refractivity contribution in [3.63, 3.8) is 0 Å². The second-order valence-corrected chi connectivity index (χ2v) is 5.73. The van der Waals surface area contributed by atoms with E-state index in [4.69, 9.17) is 0 Å². The van der Waals surface area contributed by atoms with Crippen molar-refractivity contribution in [2.24, 2.45) is 0 Å². The Bertz CT molecular complexity index is 182. The zero-order valence-corrected chi connectivity index (χ0v) is 12.2. The molecule has 0 radical (unpaired) electrons. The quantitative estimate of drug-likeness (QED) is 0.654. The molecule has 0 saturated carbocycles. The van der Waals surface area contributed by atoms with Crippen LogP contribution in [0.4, 0.5) is 0 Å². The van der Waals surface area contributed by atoms with Crippen molar-refractivity contribution < 1.29 is 0 Å². The van der Waals surface area contributed by atoms with E-state index in [-0.39, 0.29) is 0 Å². The number of unbranched alkanes of at least 4 members (excludes halogenated alkanes) is 2. The van der Waals surface area contributed by atoms with E-state index in [0.717, 1.165) is 12.6 Å². The van der Waals surface area contributed by atoms with Gasteiger partial charge in [-0.1, -0.05) is 32.6 Å². The monoisotopic (exact) mass is 240 g/mol. The topological polar surface area (TPSA) is 15.3 Å². The van der Waals surface area contributed by atoms with Gasteiger partial charge in [0.05, 0.1) is 0 Å². The van der Waals surface area contributed by atoms with Crippen molar-refractivity contribution >= 4 is 0 Å². The highest BCUT2D eigenvalue weighted by atomic mass is 15.2. The maximum Gasteiger partial charge on any atom is 0.0110 e. The first-order chi connectivity index (χ1) is 8.24. The molecule has 1 aliphatic heterocycles. The van der Waals surface area contributed by atoms with Crippen LogP contribution in [0, 0.1) is 0 Å². The van der Waals surface area contributed by atoms with E-state index in [9.17, 15) is 0 Å². The number of hydrogen-bond acceptors (Lipinski definition) is 2. The first-order valence-corrected chi connectivity index (χ1v) is 7.71. The first-order valence-electron chi connectivity index (χ1n) is 7.71. The van der Waals surface area contributed by atoms with Crippen LogP contribution < -0.4 is 5.32 Å². The molecule has 1 fully saturated rings. The van der Waals surface area contributed by atoms with Gasteiger partial charge in [-0.05, 0) is 39.7 Å². The van der Waals surface area contributed by atoms with Crippen LogP contribution >= 0.6 is 0 Å². The third-order valence-electron chi connectivity index (χ3n) is 4.07. The molecule has 0 amide bonds. The normalized spacial score (nSPS) is 23.8. The van der Waals surface area contributed by atoms with Gasteiger partial charge in [0.15, 0.2) is 0 Å². The maximum atomic E-state index is 3.67. The van der Waals surface area contributed by atoms with E-state index in [1.54, 1.807) is 0 Å². The summed E-state index contributed by atoms with van der Waals surface area (Å²) in [5.41, 5.74) is 0. The summed E-state index contributed by atoms with van der Waals surface area (Å²) in [6.45, 7) is 10.7. The Hall–Kier alpha value is -0.0800. The molecule has 0 bridgehead atoms. The van der Waals surface area contributed by atoms with E-state index in [1.165, 1.54) is 58.0 Å². The lowest BCUT2D eigenvalue weighted by atomic mass is 10.0. The van der Waals surface area contributed by atoms with Crippen LogP contribution in [0.3, 0.4) is 0 Å². The molecule has 2 heteroatoms. The predicted octanol–water partition coefficient (Wildman–Crippen LogP) is 3.42. The molecule has 0 aliphatic carbocycles. The number of likely N-dealkylation sites (tertiary alicyclic amines) is 1. The third-order valence-corrected chi connectivity index (χ3v) is 4.07. The maximum absolute atomic E-state index is 3.67. The predicted molar refractivity (Wildman–Crippen MR) is 76.5 cm³/mol. The van der Waals surface area contributed by atoms with Crippen LogP contribution in [0.5, 0.6) is 0 Å². The van der Waals surface area contributed by atoms with Crippen molar-refractivity contribution in [1.29, 1.82) is 0 Å². The molecule has 1 heterocycles. The Kier molecular flexibility index (Phi) is 7.87. The molecule has 2 nitrogen and oxygen atoms in total. The van der Waals surface area contributed by atoms with E-state index < -0.39 is 0 Å². The third kappa shape index (κ3) is 6.42. The average Bonchev–Trinajstić information content (AvgIpc) is 2.32. The molecule has 2 unspecified atom stereocenters. The number of rotatable bonds is 8. The molecule has 0 aromatic rings. The SMILES string of the molecule is CCCCCC(C)NCCN1CCCCC1C. The van der Waals surface area contributed by atoms with Crippen LogP contribution in [-0.2, 0) is 0 Å². The Labute approximate surface area is 108 Å². The van der Waals surface area contributed by atoms with Crippen molar-refractivity contribution in [2.75, 3.05) is 19.6 Å². The number of hydrogen-bond donors (Lipinski definition) is 1. The van der Waals surface area contributed by atoms with Crippen molar-refractivity contribution in [3.8, 4) is 0 Å². The Morgan fingerprint density at radius 1 is 1.29 bits per heavy atom. The molecule has 0 spiro atoms. The van der Waals surface area contributed by atoms with Gasteiger partial charge >= 0.3 is 0 Å². The minimum absolute atomic E-state index is 0.696. The van der Waals surface area contributed by atoms with Gasteiger partial charge in [-0.2, -0.15) is 0 Å². The summed E-state index contributed by atoms with van der Waals surface area (Å²) in [4.78, 5) is 2.65. The zero-order valence-electron chi connectivity index (χ0n) is 12.2. The van der Waals surface area contributed by atoms with Crippen LogP contribution in [0.1, 0.15) is 65.7 Å². The lowest BCUT2D eigenvalue weighted by molar-refractivity contribution is 0.160. The fraction of sp³-hybridized carbons (Fsp3) is 1.00. The summed E-state index contributed by atoms with van der Waals surface area (Å²) in [6.07, 6.45) is 9.66. The second kappa shape index (κ2) is 8.93. The smallest absolute Gasteiger partial charge is 0.0110 e. The summed E-state index contributed by atoms with van der Waals surface area (Å²) >= 11 is 0. The Morgan fingerprint density at radius 3 is 2.82 bits per heavy atom. The molecule has 1 N–H and O–H groups in total. The summed E-state index contributed by atoms with van der Waals surface area (Å²) in [5, 5.41) is 3.67. The van der Waals surface area contributed by atoms with Gasteiger partial charge in [0.2, 0.25) is 0 Å². The summed E-state index contributed by atoms with van der Waals surface area (Å²) < 4.78 is 0. The van der Waals surface area contributed by atoms with Gasteiger partial charge in [-0.15, -0.1) is 0 Å². The van der Waals surface area contributed by atoms with E-state index in [0.29, 0.717) is 6.04 Å². The van der Waals surface area contributed by atoms with Crippen molar-refractivity contribution in [2.45, 2.75) is 77.8 Å². The molecule has 1 aliphatic rings. The van der Waals surface area contributed by atoms with Gasteiger partial charge < -0.3 is 5.32 Å². The van der Waals surface area contributed by atoms with Gasteiger partial charge in [0.1, 0.15) is 0 Å². The minimum Gasteiger partial charge on any atom is -0.313 e. The summed E-state index contributed by atoms with van der Waals surface area (Å²) in [6, 6.07) is 1.50. The summed E-state index contributed by atoms with van der Waals surface area (Å²) in [5.74, 6) is 0. The average molecular weight is 240 g/mol. The van der Waals surface area contributed by atoms with Gasteiger partial charge in [0.25, 0.3) is 0 Å². The van der Waals surface area contributed by atoms with Crippen LogP contribution in [0.25, 0.3) is 0 Å². The van der Waals surface area contributed by atoms with E-state index in [1.807, 2.05) is 0 Å². The molecule has 0 aromatic heterocycles. The largest absolute Gasteiger partial charge is 0.313 e. The first kappa shape index (κ1) is 15.0. The highest BCUT2D eigenvalue weighted by Crippen LogP contribution is 2.15. The molecule has 2 atom stereocenters. The molecule has 102 valence electrons. The van der Waals surface area contributed by atoms with Gasteiger partial charge in [-0.3, -0.25) is 4.90 Å². The molecule has 1 rings (SSSR count). The highest BCUT2D eigenvalue weighted by Gasteiger charge is 2.17. The van der Waals surface area contributed by atoms with Crippen LogP contribution in [0.15, 0.2) is 0 Å². The zero-order chi connectivity index (χ0) is 12.5. The Balaban J connectivity index is 2.01. The molecular weight excluding hydrogens is 208 g/mol. The van der Waals surface area contributed by atoms with Gasteiger partial charge in [0, 0.05) is 25.2 Å². The molecule has 0 aromatic carbocycles. The fourth-order valence-electron chi connectivity index (χ4n) is 2.75. The van der Waals surface area contributed by atoms with Crippen LogP contribution in [-0.4, -0.2) is 36.6 Å².